The molecule has 0 aliphatic carbocycles. The van der Waals surface area contributed by atoms with Crippen LogP contribution in [0.5, 0.6) is 5.88 Å². The van der Waals surface area contributed by atoms with Gasteiger partial charge in [-0.15, -0.1) is 0 Å². The van der Waals surface area contributed by atoms with Gasteiger partial charge >= 0.3 is 6.09 Å². The molecule has 1 amide bonds. The van der Waals surface area contributed by atoms with E-state index in [0.717, 1.165) is 19.4 Å². The maximum absolute atomic E-state index is 12.3. The van der Waals surface area contributed by atoms with Crippen LogP contribution in [-0.2, 0) is 0 Å². The largest absolute Gasteiger partial charge is 0.416 e. The second-order valence-electron chi connectivity index (χ2n) is 6.11. The lowest BCUT2D eigenvalue weighted by Gasteiger charge is -2.42. The Kier molecular flexibility index (Phi) is 4.08. The molecule has 0 saturated carbocycles. The number of ether oxygens (including phenoxy) is 1. The molecule has 1 atom stereocenters. The number of pyridine rings is 1. The first-order valence-electron chi connectivity index (χ1n) is 6.88. The Morgan fingerprint density at radius 1 is 1.37 bits per heavy atom. The first-order chi connectivity index (χ1) is 8.98. The van der Waals surface area contributed by atoms with Crippen molar-refractivity contribution in [3.8, 4) is 5.88 Å². The molecule has 1 aliphatic rings. The first kappa shape index (κ1) is 13.8. The molecule has 0 N–H and O–H groups in total. The van der Waals surface area contributed by atoms with E-state index in [-0.39, 0.29) is 17.6 Å². The Morgan fingerprint density at radius 3 is 2.79 bits per heavy atom. The molecule has 1 fully saturated rings. The van der Waals surface area contributed by atoms with Crippen LogP contribution in [0.25, 0.3) is 0 Å². The second-order valence-corrected chi connectivity index (χ2v) is 6.11. The van der Waals surface area contributed by atoms with Crippen molar-refractivity contribution in [3.05, 3.63) is 24.4 Å². The molecule has 1 aliphatic heterocycles. The number of aromatic nitrogens is 1. The predicted octanol–water partition coefficient (Wildman–Crippen LogP) is 3.48. The lowest BCUT2D eigenvalue weighted by Crippen LogP contribution is -2.51. The zero-order valence-corrected chi connectivity index (χ0v) is 11.9. The van der Waals surface area contributed by atoms with Gasteiger partial charge in [-0.05, 0) is 30.7 Å². The lowest BCUT2D eigenvalue weighted by atomic mass is 9.81. The number of nitrogens with zero attached hydrogens (tertiary/aromatic N) is 2. The van der Waals surface area contributed by atoms with E-state index in [2.05, 4.69) is 25.8 Å². The molecule has 4 heteroatoms. The summed E-state index contributed by atoms with van der Waals surface area (Å²) in [6.07, 6.45) is 4.61. The summed E-state index contributed by atoms with van der Waals surface area (Å²) in [5.41, 5.74) is 0.0730. The third kappa shape index (κ3) is 3.46. The summed E-state index contributed by atoms with van der Waals surface area (Å²) in [4.78, 5) is 18.2. The van der Waals surface area contributed by atoms with E-state index < -0.39 is 0 Å². The highest BCUT2D eigenvalue weighted by Gasteiger charge is 2.36. The standard InChI is InChI=1S/C15H22N2O2/c1-15(2,3)12-8-5-7-11-17(12)14(18)19-13-9-4-6-10-16-13/h4,6,9-10,12H,5,7-8,11H2,1-3H3. The molecule has 4 nitrogen and oxygen atoms in total. The van der Waals surface area contributed by atoms with Gasteiger partial charge in [-0.3, -0.25) is 0 Å². The zero-order chi connectivity index (χ0) is 13.9. The number of carbonyl (C=O) groups excluding carboxylic acids is 1. The van der Waals surface area contributed by atoms with Gasteiger partial charge in [0.05, 0.1) is 0 Å². The summed E-state index contributed by atoms with van der Waals surface area (Å²) >= 11 is 0. The van der Waals surface area contributed by atoms with Crippen LogP contribution < -0.4 is 4.74 Å². The summed E-state index contributed by atoms with van der Waals surface area (Å²) < 4.78 is 5.36. The summed E-state index contributed by atoms with van der Waals surface area (Å²) in [6, 6.07) is 5.55. The van der Waals surface area contributed by atoms with Crippen molar-refractivity contribution >= 4 is 6.09 Å². The van der Waals surface area contributed by atoms with Crippen molar-refractivity contribution in [2.75, 3.05) is 6.54 Å². The van der Waals surface area contributed by atoms with Crippen LogP contribution in [0, 0.1) is 5.41 Å². The van der Waals surface area contributed by atoms with E-state index in [1.165, 1.54) is 6.42 Å². The molecule has 2 heterocycles. The molecule has 1 unspecified atom stereocenters. The summed E-state index contributed by atoms with van der Waals surface area (Å²) in [7, 11) is 0. The molecule has 19 heavy (non-hydrogen) atoms. The minimum atomic E-state index is -0.279. The van der Waals surface area contributed by atoms with Gasteiger partial charge in [0.1, 0.15) is 0 Å². The monoisotopic (exact) mass is 262 g/mol. The van der Waals surface area contributed by atoms with Crippen LogP contribution in [0.1, 0.15) is 40.0 Å². The maximum atomic E-state index is 12.3. The van der Waals surface area contributed by atoms with Crippen molar-refractivity contribution in [3.63, 3.8) is 0 Å². The quantitative estimate of drug-likeness (QED) is 0.778. The SMILES string of the molecule is CC(C)(C)C1CCCCN1C(=O)Oc1ccccn1. The topological polar surface area (TPSA) is 42.4 Å². The molecule has 0 aromatic carbocycles. The molecular weight excluding hydrogens is 240 g/mol. The molecule has 0 spiro atoms. The number of rotatable bonds is 1. The van der Waals surface area contributed by atoms with E-state index in [0.29, 0.717) is 5.88 Å². The zero-order valence-electron chi connectivity index (χ0n) is 11.9. The van der Waals surface area contributed by atoms with Gasteiger partial charge in [-0.2, -0.15) is 0 Å². The molecular formula is C15H22N2O2. The van der Waals surface area contributed by atoms with E-state index in [4.69, 9.17) is 4.74 Å². The highest BCUT2D eigenvalue weighted by Crippen LogP contribution is 2.32. The Morgan fingerprint density at radius 2 is 2.16 bits per heavy atom. The van der Waals surface area contributed by atoms with E-state index in [1.54, 1.807) is 18.3 Å². The van der Waals surface area contributed by atoms with Crippen LogP contribution in [0.2, 0.25) is 0 Å². The minimum Gasteiger partial charge on any atom is -0.391 e. The smallest absolute Gasteiger partial charge is 0.391 e. The number of likely N-dealkylation sites (tertiary alicyclic amines) is 1. The predicted molar refractivity (Wildman–Crippen MR) is 74.1 cm³/mol. The van der Waals surface area contributed by atoms with Gasteiger partial charge < -0.3 is 9.64 Å². The molecule has 1 saturated heterocycles. The van der Waals surface area contributed by atoms with Crippen molar-refractivity contribution in [2.24, 2.45) is 5.41 Å². The molecule has 0 radical (unpaired) electrons. The average molecular weight is 262 g/mol. The fourth-order valence-corrected chi connectivity index (χ4v) is 2.61. The van der Waals surface area contributed by atoms with Crippen molar-refractivity contribution in [2.45, 2.75) is 46.1 Å². The van der Waals surface area contributed by atoms with E-state index in [9.17, 15) is 4.79 Å². The van der Waals surface area contributed by atoms with Gasteiger partial charge in [-0.1, -0.05) is 26.8 Å². The number of hydrogen-bond acceptors (Lipinski definition) is 3. The van der Waals surface area contributed by atoms with Gasteiger partial charge in [0.15, 0.2) is 0 Å². The first-order valence-corrected chi connectivity index (χ1v) is 6.88. The fourth-order valence-electron chi connectivity index (χ4n) is 2.61. The van der Waals surface area contributed by atoms with Gasteiger partial charge in [0, 0.05) is 24.8 Å². The Labute approximate surface area is 114 Å². The van der Waals surface area contributed by atoms with Crippen molar-refractivity contribution in [1.29, 1.82) is 0 Å². The van der Waals surface area contributed by atoms with Crippen molar-refractivity contribution in [1.82, 2.24) is 9.88 Å². The lowest BCUT2D eigenvalue weighted by molar-refractivity contribution is 0.0630. The van der Waals surface area contributed by atoms with Gasteiger partial charge in [0.25, 0.3) is 0 Å². The average Bonchev–Trinajstić information content (AvgIpc) is 2.39. The normalized spacial score (nSPS) is 20.2. The maximum Gasteiger partial charge on any atom is 0.416 e. The number of piperidine rings is 1. The molecule has 1 aromatic heterocycles. The fraction of sp³-hybridized carbons (Fsp3) is 0.600. The number of carbonyl (C=O) groups is 1. The second kappa shape index (κ2) is 5.59. The van der Waals surface area contributed by atoms with Crippen LogP contribution in [-0.4, -0.2) is 28.6 Å². The van der Waals surface area contributed by atoms with Crippen LogP contribution in [0.4, 0.5) is 4.79 Å². The van der Waals surface area contributed by atoms with E-state index in [1.807, 2.05) is 11.0 Å². The number of hydrogen-bond donors (Lipinski definition) is 0. The number of amides is 1. The summed E-state index contributed by atoms with van der Waals surface area (Å²) in [5.74, 6) is 0.366. The Bertz CT molecular complexity index is 426. The molecule has 0 bridgehead atoms. The molecule has 104 valence electrons. The highest BCUT2D eigenvalue weighted by atomic mass is 16.6. The third-order valence-corrected chi connectivity index (χ3v) is 3.57. The van der Waals surface area contributed by atoms with Crippen LogP contribution >= 0.6 is 0 Å². The summed E-state index contributed by atoms with van der Waals surface area (Å²) in [5, 5.41) is 0. The van der Waals surface area contributed by atoms with Crippen LogP contribution in [0.3, 0.4) is 0 Å². The third-order valence-electron chi connectivity index (χ3n) is 3.57. The van der Waals surface area contributed by atoms with Crippen LogP contribution in [0.15, 0.2) is 24.4 Å². The Hall–Kier alpha value is -1.58. The minimum absolute atomic E-state index is 0.0730. The summed E-state index contributed by atoms with van der Waals surface area (Å²) in [6.45, 7) is 7.28. The Balaban J connectivity index is 2.08. The van der Waals surface area contributed by atoms with Crippen molar-refractivity contribution < 1.29 is 9.53 Å². The van der Waals surface area contributed by atoms with Gasteiger partial charge in [0.2, 0.25) is 5.88 Å². The highest BCUT2D eigenvalue weighted by molar-refractivity contribution is 5.70. The van der Waals surface area contributed by atoms with E-state index >= 15 is 0 Å². The molecule has 1 aromatic rings. The molecule has 2 rings (SSSR count). The van der Waals surface area contributed by atoms with Gasteiger partial charge in [-0.25, -0.2) is 9.78 Å².